The molecule has 0 bridgehead atoms. The van der Waals surface area contributed by atoms with Gasteiger partial charge in [0.05, 0.1) is 6.61 Å². The number of nitrogens with two attached hydrogens (primary N) is 1. The Morgan fingerprint density at radius 1 is 1.13 bits per heavy atom. The summed E-state index contributed by atoms with van der Waals surface area (Å²) in [4.78, 5) is 0. The molecule has 0 aliphatic heterocycles. The summed E-state index contributed by atoms with van der Waals surface area (Å²) in [7, 11) is 0. The Labute approximate surface area is 142 Å². The fourth-order valence-electron chi connectivity index (χ4n) is 3.88. The predicted octanol–water partition coefficient (Wildman–Crippen LogP) is 5.40. The number of rotatable bonds is 5. The monoisotopic (exact) mass is 317 g/mol. The highest BCUT2D eigenvalue weighted by Crippen LogP contribution is 2.40. The van der Waals surface area contributed by atoms with Crippen molar-refractivity contribution < 1.29 is 4.74 Å². The summed E-state index contributed by atoms with van der Waals surface area (Å²) < 4.78 is 5.95. The molecule has 2 heteroatoms. The van der Waals surface area contributed by atoms with Crippen molar-refractivity contribution in [1.82, 2.24) is 0 Å². The molecule has 0 heterocycles. The van der Waals surface area contributed by atoms with Crippen LogP contribution in [0, 0.1) is 5.92 Å². The van der Waals surface area contributed by atoms with Crippen LogP contribution in [0.5, 0.6) is 5.75 Å². The molecular formula is C21H35NO. The summed E-state index contributed by atoms with van der Waals surface area (Å²) in [5.41, 5.74) is 9.13. The molecule has 0 radical (unpaired) electrons. The largest absolute Gasteiger partial charge is 0.494 e. The lowest BCUT2D eigenvalue weighted by Crippen LogP contribution is -2.23. The molecule has 0 amide bonds. The second-order valence-electron chi connectivity index (χ2n) is 8.03. The third-order valence-electron chi connectivity index (χ3n) is 5.30. The number of benzene rings is 1. The minimum absolute atomic E-state index is 0.155. The maximum absolute atomic E-state index is 6.26. The average Bonchev–Trinajstić information content (AvgIpc) is 2.78. The lowest BCUT2D eigenvalue weighted by molar-refractivity contribution is 0.319. The molecule has 1 atom stereocenters. The summed E-state index contributed by atoms with van der Waals surface area (Å²) >= 11 is 0. The predicted molar refractivity (Wildman–Crippen MR) is 99.3 cm³/mol. The van der Waals surface area contributed by atoms with Gasteiger partial charge in [-0.25, -0.2) is 0 Å². The molecule has 2 nitrogen and oxygen atoms in total. The first-order chi connectivity index (χ1) is 11.0. The van der Waals surface area contributed by atoms with Crippen molar-refractivity contribution in [2.24, 2.45) is 11.7 Å². The highest BCUT2D eigenvalue weighted by atomic mass is 16.5. The summed E-state index contributed by atoms with van der Waals surface area (Å²) in [6, 6.07) is 6.75. The zero-order valence-corrected chi connectivity index (χ0v) is 15.5. The van der Waals surface area contributed by atoms with Crippen LogP contribution in [-0.2, 0) is 5.41 Å². The van der Waals surface area contributed by atoms with E-state index in [-0.39, 0.29) is 5.41 Å². The van der Waals surface area contributed by atoms with Crippen LogP contribution < -0.4 is 10.5 Å². The van der Waals surface area contributed by atoms with Crippen LogP contribution in [0.3, 0.4) is 0 Å². The molecule has 2 N–H and O–H groups in total. The van der Waals surface area contributed by atoms with Gasteiger partial charge in [-0.15, -0.1) is 0 Å². The van der Waals surface area contributed by atoms with Crippen molar-refractivity contribution in [3.8, 4) is 5.75 Å². The fraction of sp³-hybridized carbons (Fsp3) is 0.714. The first-order valence-electron chi connectivity index (χ1n) is 9.44. The van der Waals surface area contributed by atoms with Crippen molar-refractivity contribution in [1.29, 1.82) is 0 Å². The Hall–Kier alpha value is -1.02. The van der Waals surface area contributed by atoms with E-state index in [9.17, 15) is 0 Å². The fourth-order valence-corrected chi connectivity index (χ4v) is 3.88. The lowest BCUT2D eigenvalue weighted by atomic mass is 9.78. The molecule has 1 aliphatic rings. The quantitative estimate of drug-likeness (QED) is 0.738. The number of hydrogen-bond donors (Lipinski definition) is 1. The van der Waals surface area contributed by atoms with Crippen LogP contribution in [0.15, 0.2) is 18.2 Å². The van der Waals surface area contributed by atoms with Gasteiger partial charge in [-0.1, -0.05) is 58.6 Å². The van der Waals surface area contributed by atoms with Crippen LogP contribution >= 0.6 is 0 Å². The first kappa shape index (κ1) is 18.3. The van der Waals surface area contributed by atoms with Gasteiger partial charge in [-0.2, -0.15) is 0 Å². The first-order valence-corrected chi connectivity index (χ1v) is 9.44. The Morgan fingerprint density at radius 2 is 1.78 bits per heavy atom. The van der Waals surface area contributed by atoms with E-state index in [4.69, 9.17) is 10.5 Å². The van der Waals surface area contributed by atoms with E-state index in [1.54, 1.807) is 0 Å². The SMILES string of the molecule is CCOc1ccc(C(C)(C)C)cc1C(CN)C1CCCCCC1. The van der Waals surface area contributed by atoms with Crippen LogP contribution in [0.2, 0.25) is 0 Å². The topological polar surface area (TPSA) is 35.2 Å². The number of ether oxygens (including phenoxy) is 1. The maximum atomic E-state index is 6.26. The van der Waals surface area contributed by atoms with Gasteiger partial charge in [0.1, 0.15) is 5.75 Å². The zero-order chi connectivity index (χ0) is 16.9. The molecule has 2 rings (SSSR count). The highest BCUT2D eigenvalue weighted by Gasteiger charge is 2.27. The van der Waals surface area contributed by atoms with Crippen LogP contribution in [0.25, 0.3) is 0 Å². The van der Waals surface area contributed by atoms with E-state index >= 15 is 0 Å². The van der Waals surface area contributed by atoms with Gasteiger partial charge in [-0.3, -0.25) is 0 Å². The Bertz CT molecular complexity index is 481. The van der Waals surface area contributed by atoms with Crippen LogP contribution in [-0.4, -0.2) is 13.2 Å². The Balaban J connectivity index is 2.38. The molecule has 0 aromatic heterocycles. The van der Waals surface area contributed by atoms with Crippen molar-refractivity contribution in [2.75, 3.05) is 13.2 Å². The molecule has 1 aromatic rings. The molecule has 23 heavy (non-hydrogen) atoms. The third kappa shape index (κ3) is 4.73. The molecule has 0 spiro atoms. The minimum Gasteiger partial charge on any atom is -0.494 e. The van der Waals surface area contributed by atoms with Crippen molar-refractivity contribution in [3.05, 3.63) is 29.3 Å². The van der Waals surface area contributed by atoms with Gasteiger partial charge in [0.25, 0.3) is 0 Å². The molecule has 1 fully saturated rings. The summed E-state index contributed by atoms with van der Waals surface area (Å²) in [6.07, 6.45) is 8.09. The van der Waals surface area contributed by atoms with E-state index in [1.807, 2.05) is 0 Å². The highest BCUT2D eigenvalue weighted by molar-refractivity contribution is 5.42. The molecule has 130 valence electrons. The average molecular weight is 318 g/mol. The van der Waals surface area contributed by atoms with Gasteiger partial charge in [-0.05, 0) is 54.8 Å². The van der Waals surface area contributed by atoms with Crippen LogP contribution in [0.4, 0.5) is 0 Å². The molecule has 1 unspecified atom stereocenters. The Morgan fingerprint density at radius 3 is 2.30 bits per heavy atom. The summed E-state index contributed by atoms with van der Waals surface area (Å²) in [6.45, 7) is 10.3. The molecule has 1 saturated carbocycles. The molecule has 1 aromatic carbocycles. The summed E-state index contributed by atoms with van der Waals surface area (Å²) in [5.74, 6) is 2.18. The van der Waals surface area contributed by atoms with Gasteiger partial charge in [0.2, 0.25) is 0 Å². The van der Waals surface area contributed by atoms with Crippen molar-refractivity contribution in [2.45, 2.75) is 77.6 Å². The van der Waals surface area contributed by atoms with E-state index in [1.165, 1.54) is 49.7 Å². The van der Waals surface area contributed by atoms with E-state index in [0.717, 1.165) is 12.3 Å². The third-order valence-corrected chi connectivity index (χ3v) is 5.30. The second-order valence-corrected chi connectivity index (χ2v) is 8.03. The maximum Gasteiger partial charge on any atom is 0.122 e. The van der Waals surface area contributed by atoms with Gasteiger partial charge >= 0.3 is 0 Å². The molecule has 0 saturated heterocycles. The molecular weight excluding hydrogens is 282 g/mol. The standard InChI is InChI=1S/C21H35NO/c1-5-23-20-13-12-17(21(2,3)4)14-18(20)19(15-22)16-10-8-6-7-9-11-16/h12-14,16,19H,5-11,15,22H2,1-4H3. The van der Waals surface area contributed by atoms with Crippen molar-refractivity contribution >= 4 is 0 Å². The Kier molecular flexibility index (Phi) is 6.52. The van der Waals surface area contributed by atoms with Gasteiger partial charge in [0.15, 0.2) is 0 Å². The van der Waals surface area contributed by atoms with E-state index in [0.29, 0.717) is 18.4 Å². The minimum atomic E-state index is 0.155. The van der Waals surface area contributed by atoms with Gasteiger partial charge in [0, 0.05) is 5.92 Å². The van der Waals surface area contributed by atoms with Gasteiger partial charge < -0.3 is 10.5 Å². The smallest absolute Gasteiger partial charge is 0.122 e. The second kappa shape index (κ2) is 8.19. The van der Waals surface area contributed by atoms with Crippen molar-refractivity contribution in [3.63, 3.8) is 0 Å². The van der Waals surface area contributed by atoms with Crippen LogP contribution in [0.1, 0.15) is 83.3 Å². The normalized spacial score (nSPS) is 18.5. The lowest BCUT2D eigenvalue weighted by Gasteiger charge is -2.29. The van der Waals surface area contributed by atoms with E-state index in [2.05, 4.69) is 45.9 Å². The number of hydrogen-bond acceptors (Lipinski definition) is 2. The molecule has 1 aliphatic carbocycles. The zero-order valence-electron chi connectivity index (χ0n) is 15.5. The summed E-state index contributed by atoms with van der Waals surface area (Å²) in [5, 5.41) is 0. The van der Waals surface area contributed by atoms with E-state index < -0.39 is 0 Å².